The van der Waals surface area contributed by atoms with E-state index in [1.807, 2.05) is 0 Å². The van der Waals surface area contributed by atoms with E-state index in [1.54, 1.807) is 21.6 Å². The molecule has 60 valence electrons. The average molecular weight is 180 g/mol. The van der Waals surface area contributed by atoms with Crippen molar-refractivity contribution in [3.05, 3.63) is 0 Å². The van der Waals surface area contributed by atoms with Crippen molar-refractivity contribution < 1.29 is 4.79 Å². The van der Waals surface area contributed by atoms with Crippen LogP contribution in [0.4, 0.5) is 0 Å². The molecule has 0 aliphatic carbocycles. The number of carbonyl (C=O) groups excluding carboxylic acids is 1. The van der Waals surface area contributed by atoms with Gasteiger partial charge in [0, 0.05) is 24.6 Å². The Hall–Kier alpha value is 0.130. The molecule has 0 fully saturated rings. The van der Waals surface area contributed by atoms with Crippen molar-refractivity contribution in [3.63, 3.8) is 0 Å². The number of carbonyl (C=O) groups is 1. The lowest BCUT2D eigenvalue weighted by atomic mass is 10.8. The van der Waals surface area contributed by atoms with Crippen molar-refractivity contribution in [2.24, 2.45) is 5.73 Å². The molecule has 0 atom stereocenters. The van der Waals surface area contributed by atoms with Gasteiger partial charge in [0.05, 0.1) is 0 Å². The van der Waals surface area contributed by atoms with Gasteiger partial charge in [-0.1, -0.05) is 21.6 Å². The van der Waals surface area contributed by atoms with Crippen LogP contribution in [0.3, 0.4) is 0 Å². The third-order valence-corrected chi connectivity index (χ3v) is 3.14. The van der Waals surface area contributed by atoms with Crippen LogP contribution >= 0.6 is 21.6 Å². The highest BCUT2D eigenvalue weighted by molar-refractivity contribution is 8.76. The number of hydrogen-bond acceptors (Lipinski definition) is 4. The summed E-state index contributed by atoms with van der Waals surface area (Å²) in [5.74, 6) is 1.93. The maximum absolute atomic E-state index is 9.75. The van der Waals surface area contributed by atoms with Crippen LogP contribution in [0.1, 0.15) is 0 Å². The van der Waals surface area contributed by atoms with Gasteiger partial charge in [0.15, 0.2) is 0 Å². The molecular weight excluding hydrogens is 168 g/mol. The van der Waals surface area contributed by atoms with E-state index in [1.165, 1.54) is 0 Å². The fourth-order valence-electron chi connectivity index (χ4n) is 0.325. The molecule has 0 aromatic rings. The van der Waals surface area contributed by atoms with E-state index in [0.717, 1.165) is 24.6 Å². The van der Waals surface area contributed by atoms with Gasteiger partial charge >= 0.3 is 0 Å². The van der Waals surface area contributed by atoms with E-state index in [9.17, 15) is 4.79 Å². The van der Waals surface area contributed by atoms with Gasteiger partial charge in [0.25, 0.3) is 0 Å². The molecule has 3 nitrogen and oxygen atoms in total. The van der Waals surface area contributed by atoms with Gasteiger partial charge < -0.3 is 11.1 Å². The Morgan fingerprint density at radius 2 is 2.10 bits per heavy atom. The molecular formula is C5H12N2OS2. The third kappa shape index (κ3) is 8.13. The first kappa shape index (κ1) is 10.1. The Morgan fingerprint density at radius 1 is 1.40 bits per heavy atom. The lowest BCUT2D eigenvalue weighted by Crippen LogP contribution is -2.13. The molecule has 0 aliphatic rings. The third-order valence-electron chi connectivity index (χ3n) is 0.698. The maximum atomic E-state index is 9.75. The second-order valence-corrected chi connectivity index (χ2v) is 4.21. The van der Waals surface area contributed by atoms with Gasteiger partial charge in [-0.15, -0.1) is 0 Å². The molecule has 5 heteroatoms. The maximum Gasteiger partial charge on any atom is 0.207 e. The molecule has 0 aliphatic heterocycles. The summed E-state index contributed by atoms with van der Waals surface area (Å²) < 4.78 is 0. The van der Waals surface area contributed by atoms with Crippen LogP contribution in [-0.4, -0.2) is 31.0 Å². The highest BCUT2D eigenvalue weighted by atomic mass is 33.1. The first-order valence-electron chi connectivity index (χ1n) is 3.03. The summed E-state index contributed by atoms with van der Waals surface area (Å²) >= 11 is 0. The van der Waals surface area contributed by atoms with Gasteiger partial charge in [-0.05, 0) is 0 Å². The van der Waals surface area contributed by atoms with Crippen LogP contribution in [0.2, 0.25) is 0 Å². The minimum Gasteiger partial charge on any atom is -0.358 e. The Balaban J connectivity index is 2.70. The summed E-state index contributed by atoms with van der Waals surface area (Å²) in [6.07, 6.45) is 0.716. The van der Waals surface area contributed by atoms with Crippen LogP contribution in [0.5, 0.6) is 0 Å². The smallest absolute Gasteiger partial charge is 0.207 e. The first-order chi connectivity index (χ1) is 4.91. The SMILES string of the molecule is NCCSSCCNC=O. The van der Waals surface area contributed by atoms with Crippen molar-refractivity contribution in [1.29, 1.82) is 0 Å². The number of rotatable bonds is 7. The average Bonchev–Trinajstić information content (AvgIpc) is 1.97. The zero-order valence-electron chi connectivity index (χ0n) is 5.71. The number of nitrogens with two attached hydrogens (primary N) is 1. The minimum atomic E-state index is 0.716. The molecule has 3 N–H and O–H groups in total. The van der Waals surface area contributed by atoms with Gasteiger partial charge in [-0.3, -0.25) is 4.79 Å². The van der Waals surface area contributed by atoms with Gasteiger partial charge in [0.2, 0.25) is 6.41 Å². The summed E-state index contributed by atoms with van der Waals surface area (Å²) in [6, 6.07) is 0. The summed E-state index contributed by atoms with van der Waals surface area (Å²) in [5.41, 5.74) is 5.26. The van der Waals surface area contributed by atoms with E-state index in [2.05, 4.69) is 5.32 Å². The van der Waals surface area contributed by atoms with E-state index in [4.69, 9.17) is 5.73 Å². The molecule has 0 aromatic heterocycles. The van der Waals surface area contributed by atoms with Crippen LogP contribution in [0, 0.1) is 0 Å². The predicted octanol–water partition coefficient (Wildman–Crippen LogP) is 0.0725. The molecule has 0 bridgehead atoms. The number of hydrogen-bond donors (Lipinski definition) is 2. The van der Waals surface area contributed by atoms with E-state index >= 15 is 0 Å². The van der Waals surface area contributed by atoms with E-state index in [0.29, 0.717) is 6.41 Å². The Labute approximate surface area is 68.9 Å². The standard InChI is InChI=1S/C5H12N2OS2/c6-1-3-9-10-4-2-7-5-8/h5H,1-4,6H2,(H,7,8). The highest BCUT2D eigenvalue weighted by Gasteiger charge is 1.87. The molecule has 0 radical (unpaired) electrons. The zero-order chi connectivity index (χ0) is 7.66. The number of nitrogens with one attached hydrogen (secondary N) is 1. The zero-order valence-corrected chi connectivity index (χ0v) is 7.34. The topological polar surface area (TPSA) is 55.1 Å². The first-order valence-corrected chi connectivity index (χ1v) is 5.52. The monoisotopic (exact) mass is 180 g/mol. The Kier molecular flexibility index (Phi) is 9.25. The van der Waals surface area contributed by atoms with Crippen LogP contribution < -0.4 is 11.1 Å². The molecule has 0 rings (SSSR count). The van der Waals surface area contributed by atoms with Crippen LogP contribution in [0.15, 0.2) is 0 Å². The van der Waals surface area contributed by atoms with Crippen LogP contribution in [-0.2, 0) is 4.79 Å². The fraction of sp³-hybridized carbons (Fsp3) is 0.800. The molecule has 0 spiro atoms. The minimum absolute atomic E-state index is 0.716. The fourth-order valence-corrected chi connectivity index (χ4v) is 2.10. The molecule has 0 saturated heterocycles. The number of amides is 1. The summed E-state index contributed by atoms with van der Waals surface area (Å²) in [5, 5.41) is 2.58. The molecule has 0 saturated carbocycles. The second kappa shape index (κ2) is 9.13. The molecule has 1 amide bonds. The lowest BCUT2D eigenvalue weighted by molar-refractivity contribution is -0.109. The van der Waals surface area contributed by atoms with Crippen molar-refractivity contribution in [2.75, 3.05) is 24.6 Å². The molecule has 10 heavy (non-hydrogen) atoms. The van der Waals surface area contributed by atoms with E-state index in [-0.39, 0.29) is 0 Å². The van der Waals surface area contributed by atoms with Crippen molar-refractivity contribution >= 4 is 28.0 Å². The Morgan fingerprint density at radius 3 is 2.70 bits per heavy atom. The molecule has 0 aromatic carbocycles. The Bertz CT molecular complexity index is 82.0. The van der Waals surface area contributed by atoms with E-state index < -0.39 is 0 Å². The summed E-state index contributed by atoms with van der Waals surface area (Å²) in [7, 11) is 3.47. The van der Waals surface area contributed by atoms with Gasteiger partial charge in [-0.2, -0.15) is 0 Å². The highest BCUT2D eigenvalue weighted by Crippen LogP contribution is 2.18. The second-order valence-electron chi connectivity index (χ2n) is 1.50. The van der Waals surface area contributed by atoms with Gasteiger partial charge in [-0.25, -0.2) is 0 Å². The van der Waals surface area contributed by atoms with Crippen LogP contribution in [0.25, 0.3) is 0 Å². The van der Waals surface area contributed by atoms with Crippen molar-refractivity contribution in [1.82, 2.24) is 5.32 Å². The normalized spacial score (nSPS) is 9.30. The summed E-state index contributed by atoms with van der Waals surface area (Å²) in [6.45, 7) is 1.46. The van der Waals surface area contributed by atoms with Crippen molar-refractivity contribution in [3.8, 4) is 0 Å². The lowest BCUT2D eigenvalue weighted by Gasteiger charge is -1.97. The predicted molar refractivity (Wildman–Crippen MR) is 48.0 cm³/mol. The largest absolute Gasteiger partial charge is 0.358 e. The molecule has 0 unspecified atom stereocenters. The summed E-state index contributed by atoms with van der Waals surface area (Å²) in [4.78, 5) is 9.75. The van der Waals surface area contributed by atoms with Crippen molar-refractivity contribution in [2.45, 2.75) is 0 Å². The quantitative estimate of drug-likeness (QED) is 0.331. The van der Waals surface area contributed by atoms with Gasteiger partial charge in [0.1, 0.15) is 0 Å². The molecule has 0 heterocycles.